The van der Waals surface area contributed by atoms with E-state index in [9.17, 15) is 9.59 Å². The molecular weight excluding hydrogens is 444 g/mol. The van der Waals surface area contributed by atoms with E-state index in [1.165, 1.54) is 13.3 Å². The lowest BCUT2D eigenvalue weighted by Crippen LogP contribution is -2.41. The van der Waals surface area contributed by atoms with Crippen molar-refractivity contribution in [2.75, 3.05) is 20.7 Å². The van der Waals surface area contributed by atoms with Crippen molar-refractivity contribution in [3.05, 3.63) is 83.9 Å². The van der Waals surface area contributed by atoms with Crippen LogP contribution in [-0.2, 0) is 13.5 Å². The van der Waals surface area contributed by atoms with Gasteiger partial charge in [-0.15, -0.1) is 0 Å². The number of aryl methyl sites for hydroxylation is 1. The molecule has 0 aliphatic carbocycles. The van der Waals surface area contributed by atoms with Crippen LogP contribution in [0.5, 0.6) is 6.01 Å². The molecule has 0 saturated carbocycles. The number of nitrogens with one attached hydrogen (secondary N) is 1. The summed E-state index contributed by atoms with van der Waals surface area (Å²) in [7, 11) is 5.03. The summed E-state index contributed by atoms with van der Waals surface area (Å²) in [6.45, 7) is 0.379. The standard InChI is InChI=1S/C26H28N6O3/c1-31(25(34)21-14-16-28-26(30-21)35-3)19(17-18-9-5-4-6-10-18)13-15-27-24(33)23-29-20-11-7-8-12-22(20)32(23)2/h4-12,14,16,19H,13,15,17H2,1-3H3,(H,27,33)/t19-/m1/s1. The second-order valence-electron chi connectivity index (χ2n) is 8.22. The Hall–Kier alpha value is -4.27. The van der Waals surface area contributed by atoms with Gasteiger partial charge in [-0.25, -0.2) is 9.97 Å². The van der Waals surface area contributed by atoms with Crippen molar-refractivity contribution in [1.29, 1.82) is 0 Å². The first-order valence-electron chi connectivity index (χ1n) is 11.4. The first kappa shape index (κ1) is 23.9. The van der Waals surface area contributed by atoms with Crippen LogP contribution in [0.3, 0.4) is 0 Å². The molecule has 0 radical (unpaired) electrons. The van der Waals surface area contributed by atoms with Gasteiger partial charge in [0.05, 0.1) is 18.1 Å². The zero-order valence-corrected chi connectivity index (χ0v) is 20.0. The van der Waals surface area contributed by atoms with Crippen LogP contribution >= 0.6 is 0 Å². The molecule has 180 valence electrons. The summed E-state index contributed by atoms with van der Waals surface area (Å²) < 4.78 is 6.84. The Morgan fingerprint density at radius 2 is 1.80 bits per heavy atom. The number of ether oxygens (including phenoxy) is 1. The summed E-state index contributed by atoms with van der Waals surface area (Å²) in [6.07, 6.45) is 2.68. The number of rotatable bonds is 9. The Bertz CT molecular complexity index is 1320. The van der Waals surface area contributed by atoms with Gasteiger partial charge in [0.25, 0.3) is 11.8 Å². The van der Waals surface area contributed by atoms with Crippen LogP contribution < -0.4 is 10.1 Å². The van der Waals surface area contributed by atoms with Crippen molar-refractivity contribution in [2.45, 2.75) is 18.9 Å². The number of hydrogen-bond donors (Lipinski definition) is 1. The fourth-order valence-corrected chi connectivity index (χ4v) is 4.00. The third-order valence-corrected chi connectivity index (χ3v) is 5.97. The quantitative estimate of drug-likeness (QED) is 0.402. The van der Waals surface area contributed by atoms with Crippen molar-refractivity contribution >= 4 is 22.8 Å². The second-order valence-corrected chi connectivity index (χ2v) is 8.22. The molecule has 0 fully saturated rings. The lowest BCUT2D eigenvalue weighted by Gasteiger charge is -2.28. The summed E-state index contributed by atoms with van der Waals surface area (Å²) in [5, 5.41) is 2.96. The molecular formula is C26H28N6O3. The first-order valence-corrected chi connectivity index (χ1v) is 11.4. The lowest BCUT2D eigenvalue weighted by atomic mass is 10.0. The number of carbonyl (C=O) groups excluding carboxylic acids is 2. The maximum Gasteiger partial charge on any atom is 0.316 e. The van der Waals surface area contributed by atoms with Crippen LogP contribution in [0.15, 0.2) is 66.9 Å². The molecule has 0 aliphatic heterocycles. The minimum atomic E-state index is -0.253. The number of carbonyl (C=O) groups is 2. The molecule has 1 atom stereocenters. The fraction of sp³-hybridized carbons (Fsp3) is 0.269. The van der Waals surface area contributed by atoms with Gasteiger partial charge in [-0.3, -0.25) is 9.59 Å². The van der Waals surface area contributed by atoms with Crippen LogP contribution in [0.25, 0.3) is 11.0 Å². The van der Waals surface area contributed by atoms with Gasteiger partial charge >= 0.3 is 6.01 Å². The number of hydrogen-bond acceptors (Lipinski definition) is 6. The molecule has 9 nitrogen and oxygen atoms in total. The predicted molar refractivity (Wildman–Crippen MR) is 132 cm³/mol. The Morgan fingerprint density at radius 1 is 1.06 bits per heavy atom. The largest absolute Gasteiger partial charge is 0.467 e. The highest BCUT2D eigenvalue weighted by atomic mass is 16.5. The van der Waals surface area contributed by atoms with Crippen LogP contribution in [0.2, 0.25) is 0 Å². The minimum absolute atomic E-state index is 0.138. The maximum atomic E-state index is 13.2. The van der Waals surface area contributed by atoms with Crippen LogP contribution in [0.1, 0.15) is 33.1 Å². The van der Waals surface area contributed by atoms with Crippen molar-refractivity contribution in [2.24, 2.45) is 7.05 Å². The van der Waals surface area contributed by atoms with Gasteiger partial charge in [0, 0.05) is 32.9 Å². The summed E-state index contributed by atoms with van der Waals surface area (Å²) >= 11 is 0. The number of methoxy groups -OCH3 is 1. The predicted octanol–water partition coefficient (Wildman–Crippen LogP) is 2.88. The van der Waals surface area contributed by atoms with E-state index in [2.05, 4.69) is 20.3 Å². The molecule has 0 bridgehead atoms. The van der Waals surface area contributed by atoms with Gasteiger partial charge in [-0.1, -0.05) is 42.5 Å². The smallest absolute Gasteiger partial charge is 0.316 e. The van der Waals surface area contributed by atoms with Gasteiger partial charge in [0.15, 0.2) is 5.82 Å². The van der Waals surface area contributed by atoms with E-state index < -0.39 is 0 Å². The Morgan fingerprint density at radius 3 is 2.54 bits per heavy atom. The summed E-state index contributed by atoms with van der Waals surface area (Å²) in [6, 6.07) is 19.1. The van der Waals surface area contributed by atoms with Crippen molar-refractivity contribution in [3.63, 3.8) is 0 Å². The van der Waals surface area contributed by atoms with Crippen LogP contribution in [-0.4, -0.2) is 63.0 Å². The van der Waals surface area contributed by atoms with Gasteiger partial charge in [-0.2, -0.15) is 4.98 Å². The molecule has 0 aliphatic rings. The highest BCUT2D eigenvalue weighted by molar-refractivity contribution is 5.95. The molecule has 4 rings (SSSR count). The summed E-state index contributed by atoms with van der Waals surface area (Å²) in [5.41, 5.74) is 3.01. The molecule has 2 aromatic carbocycles. The normalized spacial score (nSPS) is 11.7. The SMILES string of the molecule is COc1nccc(C(=O)N(C)[C@H](CCNC(=O)c2nc3ccccc3n2C)Cc2ccccc2)n1. The molecule has 2 heterocycles. The van der Waals surface area contributed by atoms with E-state index in [0.29, 0.717) is 25.2 Å². The molecule has 1 N–H and O–H groups in total. The van der Waals surface area contributed by atoms with Gasteiger partial charge in [-0.05, 0) is 36.6 Å². The highest BCUT2D eigenvalue weighted by Crippen LogP contribution is 2.16. The Labute approximate surface area is 203 Å². The molecule has 9 heteroatoms. The van der Waals surface area contributed by atoms with Crippen molar-refractivity contribution in [1.82, 2.24) is 29.7 Å². The topological polar surface area (TPSA) is 102 Å². The summed E-state index contributed by atoms with van der Waals surface area (Å²) in [4.78, 5) is 40.3. The molecule has 0 unspecified atom stereocenters. The number of aromatic nitrogens is 4. The Kier molecular flexibility index (Phi) is 7.35. The number of fused-ring (bicyclic) bond motifs is 1. The molecule has 35 heavy (non-hydrogen) atoms. The van der Waals surface area contributed by atoms with E-state index in [0.717, 1.165) is 16.6 Å². The van der Waals surface area contributed by atoms with Gasteiger partial charge in [0.1, 0.15) is 5.69 Å². The monoisotopic (exact) mass is 472 g/mol. The van der Waals surface area contributed by atoms with E-state index in [1.54, 1.807) is 22.6 Å². The average Bonchev–Trinajstić information content (AvgIpc) is 3.24. The Balaban J connectivity index is 1.47. The zero-order valence-electron chi connectivity index (χ0n) is 20.0. The third-order valence-electron chi connectivity index (χ3n) is 5.97. The second kappa shape index (κ2) is 10.8. The minimum Gasteiger partial charge on any atom is -0.467 e. The number of amides is 2. The molecule has 0 saturated heterocycles. The summed E-state index contributed by atoms with van der Waals surface area (Å²) in [5.74, 6) is -0.145. The number of likely N-dealkylation sites (N-methyl/N-ethyl adjacent to an activating group) is 1. The van der Waals surface area contributed by atoms with E-state index in [-0.39, 0.29) is 29.6 Å². The number of benzene rings is 2. The van der Waals surface area contributed by atoms with Crippen molar-refractivity contribution < 1.29 is 14.3 Å². The van der Waals surface area contributed by atoms with Crippen LogP contribution in [0.4, 0.5) is 0 Å². The molecule has 4 aromatic rings. The number of para-hydroxylation sites is 2. The van der Waals surface area contributed by atoms with Crippen molar-refractivity contribution in [3.8, 4) is 6.01 Å². The fourth-order valence-electron chi connectivity index (χ4n) is 4.00. The zero-order chi connectivity index (χ0) is 24.8. The average molecular weight is 473 g/mol. The first-order chi connectivity index (χ1) is 17.0. The maximum absolute atomic E-state index is 13.2. The molecule has 2 aromatic heterocycles. The number of imidazole rings is 1. The lowest BCUT2D eigenvalue weighted by molar-refractivity contribution is 0.0715. The van der Waals surface area contributed by atoms with Gasteiger partial charge < -0.3 is 19.5 Å². The van der Waals surface area contributed by atoms with Gasteiger partial charge in [0.2, 0.25) is 0 Å². The molecule has 2 amide bonds. The van der Waals surface area contributed by atoms with E-state index in [4.69, 9.17) is 4.74 Å². The third kappa shape index (κ3) is 5.46. The number of nitrogens with zero attached hydrogens (tertiary/aromatic N) is 5. The van der Waals surface area contributed by atoms with E-state index in [1.807, 2.05) is 61.6 Å². The molecule has 0 spiro atoms. The van der Waals surface area contributed by atoms with E-state index >= 15 is 0 Å². The van der Waals surface area contributed by atoms with Crippen LogP contribution in [0, 0.1) is 0 Å². The highest BCUT2D eigenvalue weighted by Gasteiger charge is 2.24.